The smallest absolute Gasteiger partial charge is 0.239 e. The van der Waals surface area contributed by atoms with Gasteiger partial charge in [0, 0.05) is 38.6 Å². The first kappa shape index (κ1) is 13.7. The van der Waals surface area contributed by atoms with Crippen molar-refractivity contribution < 1.29 is 9.53 Å². The molecule has 1 N–H and O–H groups in total. The number of morpholine rings is 1. The minimum atomic E-state index is 0.0132. The molecule has 0 bridgehead atoms. The lowest BCUT2D eigenvalue weighted by atomic mass is 10.2. The van der Waals surface area contributed by atoms with Gasteiger partial charge in [0.2, 0.25) is 5.91 Å². The number of amides is 1. The van der Waals surface area contributed by atoms with Gasteiger partial charge in [-0.15, -0.1) is 0 Å². The Morgan fingerprint density at radius 1 is 1.42 bits per heavy atom. The first-order chi connectivity index (χ1) is 9.20. The summed E-state index contributed by atoms with van der Waals surface area (Å²) in [5.41, 5.74) is 2.23. The quantitative estimate of drug-likeness (QED) is 0.869. The molecule has 1 fully saturated rings. The Hall–Kier alpha value is -1.75. The normalized spacial score (nSPS) is 15.2. The summed E-state index contributed by atoms with van der Waals surface area (Å²) in [4.78, 5) is 15.7. The molecule has 1 aromatic carbocycles. The highest BCUT2D eigenvalue weighted by Crippen LogP contribution is 2.22. The minimum Gasteiger partial charge on any atom is -0.378 e. The Balaban J connectivity index is 2.07. The van der Waals surface area contributed by atoms with Gasteiger partial charge in [-0.3, -0.25) is 4.79 Å². The monoisotopic (exact) mass is 263 g/mol. The Kier molecular flexibility index (Phi) is 4.63. The molecular weight excluding hydrogens is 242 g/mol. The Morgan fingerprint density at radius 3 is 2.84 bits per heavy atom. The van der Waals surface area contributed by atoms with Crippen molar-refractivity contribution in [3.63, 3.8) is 0 Å². The van der Waals surface area contributed by atoms with Crippen LogP contribution in [0.3, 0.4) is 0 Å². The maximum atomic E-state index is 11.4. The number of nitrogens with one attached hydrogen (secondary N) is 1. The van der Waals surface area contributed by atoms with E-state index in [-0.39, 0.29) is 5.91 Å². The molecule has 5 nitrogen and oxygen atoms in total. The number of likely N-dealkylation sites (N-methyl/N-ethyl adjacent to an activating group) is 2. The standard InChI is InChI=1S/C14H21N3O2/c1-15-14(18)11-16(2)12-4-3-5-13(10-12)17-6-8-19-9-7-17/h3-5,10H,6-9,11H2,1-2H3,(H,15,18). The number of nitrogens with zero attached hydrogens (tertiary/aromatic N) is 2. The van der Waals surface area contributed by atoms with Crippen LogP contribution in [0, 0.1) is 0 Å². The number of ether oxygens (including phenoxy) is 1. The molecule has 0 atom stereocenters. The van der Waals surface area contributed by atoms with Crippen LogP contribution in [-0.2, 0) is 9.53 Å². The molecule has 0 aromatic heterocycles. The third-order valence-corrected chi connectivity index (χ3v) is 3.31. The highest BCUT2D eigenvalue weighted by Gasteiger charge is 2.12. The number of hydrogen-bond acceptors (Lipinski definition) is 4. The summed E-state index contributed by atoms with van der Waals surface area (Å²) >= 11 is 0. The van der Waals surface area contributed by atoms with Gasteiger partial charge in [-0.2, -0.15) is 0 Å². The third-order valence-electron chi connectivity index (χ3n) is 3.31. The second-order valence-electron chi connectivity index (χ2n) is 4.65. The van der Waals surface area contributed by atoms with Crippen molar-refractivity contribution in [3.8, 4) is 0 Å². The predicted molar refractivity (Wildman–Crippen MR) is 76.8 cm³/mol. The summed E-state index contributed by atoms with van der Waals surface area (Å²) in [7, 11) is 3.58. The van der Waals surface area contributed by atoms with Gasteiger partial charge >= 0.3 is 0 Å². The van der Waals surface area contributed by atoms with Crippen LogP contribution in [0.25, 0.3) is 0 Å². The molecule has 0 spiro atoms. The molecule has 0 radical (unpaired) electrons. The lowest BCUT2D eigenvalue weighted by Gasteiger charge is -2.30. The number of benzene rings is 1. The van der Waals surface area contributed by atoms with Gasteiger partial charge in [0.1, 0.15) is 0 Å². The molecule has 0 aliphatic carbocycles. The van der Waals surface area contributed by atoms with E-state index in [1.54, 1.807) is 7.05 Å². The fourth-order valence-electron chi connectivity index (χ4n) is 2.13. The van der Waals surface area contributed by atoms with E-state index in [0.29, 0.717) is 6.54 Å². The number of carbonyl (C=O) groups excluding carboxylic acids is 1. The van der Waals surface area contributed by atoms with Crippen molar-refractivity contribution in [2.24, 2.45) is 0 Å². The largest absolute Gasteiger partial charge is 0.378 e. The predicted octanol–water partition coefficient (Wildman–Crippen LogP) is 0.705. The molecule has 2 rings (SSSR count). The highest BCUT2D eigenvalue weighted by molar-refractivity contribution is 5.81. The van der Waals surface area contributed by atoms with Gasteiger partial charge in [0.05, 0.1) is 19.8 Å². The van der Waals surface area contributed by atoms with Crippen LogP contribution >= 0.6 is 0 Å². The molecule has 5 heteroatoms. The maximum absolute atomic E-state index is 11.4. The zero-order valence-corrected chi connectivity index (χ0v) is 11.6. The van der Waals surface area contributed by atoms with E-state index in [1.165, 1.54) is 5.69 Å². The molecule has 1 saturated heterocycles. The van der Waals surface area contributed by atoms with E-state index in [0.717, 1.165) is 32.0 Å². The fraction of sp³-hybridized carbons (Fsp3) is 0.500. The molecule has 0 saturated carbocycles. The molecular formula is C14H21N3O2. The summed E-state index contributed by atoms with van der Waals surface area (Å²) in [5, 5.41) is 2.64. The second kappa shape index (κ2) is 6.43. The van der Waals surface area contributed by atoms with Crippen LogP contribution in [0.15, 0.2) is 24.3 Å². The van der Waals surface area contributed by atoms with Crippen LogP contribution < -0.4 is 15.1 Å². The van der Waals surface area contributed by atoms with Crippen molar-refractivity contribution >= 4 is 17.3 Å². The fourth-order valence-corrected chi connectivity index (χ4v) is 2.13. The second-order valence-corrected chi connectivity index (χ2v) is 4.65. The molecule has 0 unspecified atom stereocenters. The Bertz CT molecular complexity index is 430. The first-order valence-corrected chi connectivity index (χ1v) is 6.55. The SMILES string of the molecule is CNC(=O)CN(C)c1cccc(N2CCOCC2)c1. The topological polar surface area (TPSA) is 44.8 Å². The van der Waals surface area contributed by atoms with E-state index in [1.807, 2.05) is 24.1 Å². The first-order valence-electron chi connectivity index (χ1n) is 6.55. The average Bonchev–Trinajstić information content (AvgIpc) is 2.48. The van der Waals surface area contributed by atoms with Gasteiger partial charge in [0.25, 0.3) is 0 Å². The lowest BCUT2D eigenvalue weighted by Crippen LogP contribution is -2.36. The molecule has 104 valence electrons. The van der Waals surface area contributed by atoms with Crippen molar-refractivity contribution in [2.45, 2.75) is 0 Å². The lowest BCUT2D eigenvalue weighted by molar-refractivity contribution is -0.119. The summed E-state index contributed by atoms with van der Waals surface area (Å²) in [5.74, 6) is 0.0132. The minimum absolute atomic E-state index is 0.0132. The van der Waals surface area contributed by atoms with E-state index in [4.69, 9.17) is 4.74 Å². The molecule has 19 heavy (non-hydrogen) atoms. The zero-order chi connectivity index (χ0) is 13.7. The highest BCUT2D eigenvalue weighted by atomic mass is 16.5. The van der Waals surface area contributed by atoms with Crippen molar-refractivity contribution in [1.29, 1.82) is 0 Å². The molecule has 1 aliphatic heterocycles. The van der Waals surface area contributed by atoms with Gasteiger partial charge in [-0.25, -0.2) is 0 Å². The van der Waals surface area contributed by atoms with E-state index < -0.39 is 0 Å². The third kappa shape index (κ3) is 3.61. The van der Waals surface area contributed by atoms with Crippen molar-refractivity contribution in [3.05, 3.63) is 24.3 Å². The van der Waals surface area contributed by atoms with Crippen LogP contribution in [-0.4, -0.2) is 52.9 Å². The Morgan fingerprint density at radius 2 is 2.16 bits per heavy atom. The zero-order valence-electron chi connectivity index (χ0n) is 11.6. The van der Waals surface area contributed by atoms with Gasteiger partial charge in [-0.05, 0) is 18.2 Å². The van der Waals surface area contributed by atoms with Gasteiger partial charge in [-0.1, -0.05) is 6.07 Å². The summed E-state index contributed by atoms with van der Waals surface area (Å²) < 4.78 is 5.36. The summed E-state index contributed by atoms with van der Waals surface area (Å²) in [6, 6.07) is 8.27. The summed E-state index contributed by atoms with van der Waals surface area (Å²) in [6.45, 7) is 3.75. The number of anilines is 2. The molecule has 1 heterocycles. The molecule has 1 aliphatic rings. The van der Waals surface area contributed by atoms with E-state index in [9.17, 15) is 4.79 Å². The van der Waals surface area contributed by atoms with E-state index >= 15 is 0 Å². The van der Waals surface area contributed by atoms with Gasteiger partial charge < -0.3 is 19.9 Å². The van der Waals surface area contributed by atoms with Crippen LogP contribution in [0.1, 0.15) is 0 Å². The van der Waals surface area contributed by atoms with Crippen molar-refractivity contribution in [2.75, 3.05) is 56.7 Å². The number of carbonyl (C=O) groups is 1. The molecule has 1 amide bonds. The number of rotatable bonds is 4. The van der Waals surface area contributed by atoms with E-state index in [2.05, 4.69) is 22.3 Å². The summed E-state index contributed by atoms with van der Waals surface area (Å²) in [6.07, 6.45) is 0. The Labute approximate surface area is 114 Å². The van der Waals surface area contributed by atoms with Gasteiger partial charge in [0.15, 0.2) is 0 Å². The maximum Gasteiger partial charge on any atom is 0.239 e. The van der Waals surface area contributed by atoms with Crippen LogP contribution in [0.2, 0.25) is 0 Å². The molecule has 1 aromatic rings. The van der Waals surface area contributed by atoms with Crippen LogP contribution in [0.5, 0.6) is 0 Å². The average molecular weight is 263 g/mol. The number of hydrogen-bond donors (Lipinski definition) is 1. The van der Waals surface area contributed by atoms with Crippen LogP contribution in [0.4, 0.5) is 11.4 Å². The van der Waals surface area contributed by atoms with Crippen molar-refractivity contribution in [1.82, 2.24) is 5.32 Å².